The van der Waals surface area contributed by atoms with E-state index in [0.29, 0.717) is 18.9 Å². The Morgan fingerprint density at radius 1 is 1.25 bits per heavy atom. The van der Waals surface area contributed by atoms with Gasteiger partial charge >= 0.3 is 5.97 Å². The van der Waals surface area contributed by atoms with Crippen LogP contribution in [0.3, 0.4) is 0 Å². The van der Waals surface area contributed by atoms with Crippen LogP contribution >= 0.6 is 0 Å². The molecule has 0 aromatic heterocycles. The van der Waals surface area contributed by atoms with E-state index in [-0.39, 0.29) is 5.91 Å². The molecule has 0 radical (unpaired) electrons. The van der Waals surface area contributed by atoms with Crippen LogP contribution in [0.5, 0.6) is 0 Å². The summed E-state index contributed by atoms with van der Waals surface area (Å²) in [6, 6.07) is 7.47. The first-order chi connectivity index (χ1) is 9.63. The van der Waals surface area contributed by atoms with Crippen molar-refractivity contribution in [1.29, 1.82) is 0 Å². The van der Waals surface area contributed by atoms with Gasteiger partial charge in [0.2, 0.25) is 5.91 Å². The Hall–Kier alpha value is -2.10. The summed E-state index contributed by atoms with van der Waals surface area (Å²) in [5.74, 6) is -0.264. The molecular formula is C16H19NO3. The summed E-state index contributed by atoms with van der Waals surface area (Å²) >= 11 is 0. The van der Waals surface area contributed by atoms with E-state index in [0.717, 1.165) is 17.2 Å². The van der Waals surface area contributed by atoms with Gasteiger partial charge in [0.15, 0.2) is 0 Å². The Kier molecular flexibility index (Phi) is 4.93. The lowest BCUT2D eigenvalue weighted by atomic mass is 9.83. The van der Waals surface area contributed by atoms with Crippen LogP contribution in [0, 0.1) is 5.92 Å². The van der Waals surface area contributed by atoms with Gasteiger partial charge in [-0.1, -0.05) is 30.7 Å². The molecule has 106 valence electrons. The van der Waals surface area contributed by atoms with Gasteiger partial charge < -0.3 is 10.4 Å². The van der Waals surface area contributed by atoms with Crippen LogP contribution in [0.2, 0.25) is 0 Å². The number of carbonyl (C=O) groups excluding carboxylic acids is 1. The highest BCUT2D eigenvalue weighted by atomic mass is 16.4. The fraction of sp³-hybridized carbons (Fsp3) is 0.375. The molecule has 1 aromatic carbocycles. The zero-order chi connectivity index (χ0) is 14.4. The van der Waals surface area contributed by atoms with Crippen LogP contribution in [0.15, 0.2) is 30.3 Å². The van der Waals surface area contributed by atoms with E-state index in [1.807, 2.05) is 24.3 Å². The highest BCUT2D eigenvalue weighted by Gasteiger charge is 2.20. The third-order valence-electron chi connectivity index (χ3n) is 3.59. The van der Waals surface area contributed by atoms with E-state index in [4.69, 9.17) is 5.11 Å². The Morgan fingerprint density at radius 3 is 2.50 bits per heavy atom. The second kappa shape index (κ2) is 6.89. The molecule has 20 heavy (non-hydrogen) atoms. The van der Waals surface area contributed by atoms with Crippen LogP contribution in [0.25, 0.3) is 6.08 Å². The number of benzene rings is 1. The highest BCUT2D eigenvalue weighted by molar-refractivity contribution is 5.85. The van der Waals surface area contributed by atoms with E-state index in [2.05, 4.69) is 5.32 Å². The molecule has 4 heteroatoms. The van der Waals surface area contributed by atoms with Gasteiger partial charge in [-0.15, -0.1) is 0 Å². The number of carboxylic acids is 1. The Labute approximate surface area is 118 Å². The minimum absolute atomic E-state index is 0.115. The summed E-state index contributed by atoms with van der Waals surface area (Å²) < 4.78 is 0. The predicted molar refractivity (Wildman–Crippen MR) is 76.9 cm³/mol. The standard InChI is InChI=1S/C16H19NO3/c18-15(10-13-2-1-3-13)17-11-14-6-4-12(5-7-14)8-9-16(19)20/h4-9,13H,1-3,10-11H2,(H,17,18)(H,19,20)/b9-8+. The van der Waals surface area contributed by atoms with Crippen molar-refractivity contribution in [2.75, 3.05) is 0 Å². The van der Waals surface area contributed by atoms with Crippen LogP contribution in [-0.2, 0) is 16.1 Å². The molecule has 2 N–H and O–H groups in total. The van der Waals surface area contributed by atoms with Crippen LogP contribution < -0.4 is 5.32 Å². The third-order valence-corrected chi connectivity index (χ3v) is 3.59. The monoisotopic (exact) mass is 273 g/mol. The first-order valence-electron chi connectivity index (χ1n) is 6.90. The molecule has 1 fully saturated rings. The molecule has 1 aliphatic rings. The molecule has 0 heterocycles. The van der Waals surface area contributed by atoms with E-state index < -0.39 is 5.97 Å². The van der Waals surface area contributed by atoms with E-state index in [9.17, 15) is 9.59 Å². The van der Waals surface area contributed by atoms with E-state index in [1.165, 1.54) is 19.3 Å². The topological polar surface area (TPSA) is 66.4 Å². The van der Waals surface area contributed by atoms with Crippen molar-refractivity contribution < 1.29 is 14.7 Å². The zero-order valence-electron chi connectivity index (χ0n) is 11.3. The SMILES string of the molecule is O=C(O)/C=C/c1ccc(CNC(=O)CC2CCC2)cc1. The smallest absolute Gasteiger partial charge is 0.328 e. The van der Waals surface area contributed by atoms with Crippen molar-refractivity contribution in [3.8, 4) is 0 Å². The van der Waals surface area contributed by atoms with Crippen molar-refractivity contribution >= 4 is 18.0 Å². The zero-order valence-corrected chi connectivity index (χ0v) is 11.3. The van der Waals surface area contributed by atoms with Gasteiger partial charge in [0.05, 0.1) is 0 Å². The average molecular weight is 273 g/mol. The number of rotatable bonds is 6. The first-order valence-corrected chi connectivity index (χ1v) is 6.90. The van der Waals surface area contributed by atoms with Crippen molar-refractivity contribution in [1.82, 2.24) is 5.32 Å². The molecule has 1 aliphatic carbocycles. The summed E-state index contributed by atoms with van der Waals surface area (Å²) in [6.45, 7) is 0.522. The predicted octanol–water partition coefficient (Wildman–Crippen LogP) is 2.59. The second-order valence-corrected chi connectivity index (χ2v) is 5.19. The van der Waals surface area contributed by atoms with Gasteiger partial charge in [-0.2, -0.15) is 0 Å². The van der Waals surface area contributed by atoms with Crippen molar-refractivity contribution in [3.05, 3.63) is 41.5 Å². The number of amides is 1. The molecule has 0 aliphatic heterocycles. The van der Waals surface area contributed by atoms with Crippen LogP contribution in [-0.4, -0.2) is 17.0 Å². The summed E-state index contributed by atoms with van der Waals surface area (Å²) in [7, 11) is 0. The number of carboxylic acid groups (broad SMARTS) is 1. The first kappa shape index (κ1) is 14.3. The van der Waals surface area contributed by atoms with Crippen molar-refractivity contribution in [2.24, 2.45) is 5.92 Å². The van der Waals surface area contributed by atoms with Crippen LogP contribution in [0.1, 0.15) is 36.8 Å². The maximum absolute atomic E-state index is 11.7. The number of nitrogens with one attached hydrogen (secondary N) is 1. The number of aliphatic carboxylic acids is 1. The lowest BCUT2D eigenvalue weighted by Crippen LogP contribution is -2.27. The molecule has 0 unspecified atom stereocenters. The lowest BCUT2D eigenvalue weighted by molar-refractivity contribution is -0.131. The fourth-order valence-corrected chi connectivity index (χ4v) is 2.15. The fourth-order valence-electron chi connectivity index (χ4n) is 2.15. The molecule has 4 nitrogen and oxygen atoms in total. The maximum Gasteiger partial charge on any atom is 0.328 e. The molecule has 1 saturated carbocycles. The van der Waals surface area contributed by atoms with Gasteiger partial charge in [0, 0.05) is 19.0 Å². The lowest BCUT2D eigenvalue weighted by Gasteiger charge is -2.24. The van der Waals surface area contributed by atoms with Gasteiger partial charge in [-0.25, -0.2) is 4.79 Å². The normalized spacial score (nSPS) is 15.0. The number of hydrogen-bond donors (Lipinski definition) is 2. The third kappa shape index (κ3) is 4.53. The average Bonchev–Trinajstić information content (AvgIpc) is 2.39. The van der Waals surface area contributed by atoms with Gasteiger partial charge in [0.1, 0.15) is 0 Å². The minimum atomic E-state index is -0.961. The maximum atomic E-state index is 11.7. The molecule has 2 rings (SSSR count). The molecular weight excluding hydrogens is 254 g/mol. The van der Waals surface area contributed by atoms with Gasteiger partial charge in [-0.3, -0.25) is 4.79 Å². The molecule has 0 spiro atoms. The van der Waals surface area contributed by atoms with Gasteiger partial charge in [-0.05, 0) is 36.0 Å². The summed E-state index contributed by atoms with van der Waals surface area (Å²) in [5.41, 5.74) is 1.84. The van der Waals surface area contributed by atoms with Crippen molar-refractivity contribution in [2.45, 2.75) is 32.2 Å². The molecule has 1 aromatic rings. The van der Waals surface area contributed by atoms with Crippen LogP contribution in [0.4, 0.5) is 0 Å². The quantitative estimate of drug-likeness (QED) is 0.783. The largest absolute Gasteiger partial charge is 0.478 e. The number of carbonyl (C=O) groups is 2. The molecule has 1 amide bonds. The summed E-state index contributed by atoms with van der Waals surface area (Å²) in [4.78, 5) is 22.1. The highest BCUT2D eigenvalue weighted by Crippen LogP contribution is 2.29. The molecule has 0 saturated heterocycles. The summed E-state index contributed by atoms with van der Waals surface area (Å²) in [5, 5.41) is 11.5. The van der Waals surface area contributed by atoms with Gasteiger partial charge in [0.25, 0.3) is 0 Å². The Bertz CT molecular complexity index is 501. The van der Waals surface area contributed by atoms with Crippen molar-refractivity contribution in [3.63, 3.8) is 0 Å². The number of hydrogen-bond acceptors (Lipinski definition) is 2. The second-order valence-electron chi connectivity index (χ2n) is 5.19. The molecule has 0 atom stereocenters. The van der Waals surface area contributed by atoms with E-state index >= 15 is 0 Å². The Morgan fingerprint density at radius 2 is 1.95 bits per heavy atom. The minimum Gasteiger partial charge on any atom is -0.478 e. The van der Waals surface area contributed by atoms with E-state index in [1.54, 1.807) is 6.08 Å². The Balaban J connectivity index is 1.78. The summed E-state index contributed by atoms with van der Waals surface area (Å²) in [6.07, 6.45) is 6.90. The molecule has 0 bridgehead atoms.